The standard InChI is InChI=1S/C46H28N4O/c47-29-31-19-23-35(24-20-31)49(33-11-3-1-4-12-33)43-27-41-42-28-44(50(34-13-5-2-6-14-34)36-25-21-32(30-48)22-26-36)38-16-8-10-18-40(38)46(42)51-45(41)39-17-9-7-15-37(39)43/h1-28H. The molecule has 0 aliphatic carbocycles. The Labute approximate surface area is 294 Å². The topological polar surface area (TPSA) is 67.2 Å². The Kier molecular flexibility index (Phi) is 7.17. The van der Waals surface area contributed by atoms with Gasteiger partial charge in [0.15, 0.2) is 0 Å². The summed E-state index contributed by atoms with van der Waals surface area (Å²) in [5.41, 5.74) is 8.75. The van der Waals surface area contributed by atoms with Crippen molar-refractivity contribution in [3.63, 3.8) is 0 Å². The molecule has 5 nitrogen and oxygen atoms in total. The first-order valence-electron chi connectivity index (χ1n) is 16.7. The number of hydrogen-bond acceptors (Lipinski definition) is 5. The van der Waals surface area contributed by atoms with E-state index < -0.39 is 0 Å². The van der Waals surface area contributed by atoms with Gasteiger partial charge in [0.25, 0.3) is 0 Å². The molecule has 0 aliphatic rings. The summed E-state index contributed by atoms with van der Waals surface area (Å²) >= 11 is 0. The molecule has 0 unspecified atom stereocenters. The molecule has 9 rings (SSSR count). The number of nitrogens with zero attached hydrogens (tertiary/aromatic N) is 4. The minimum absolute atomic E-state index is 0.609. The fourth-order valence-electron chi connectivity index (χ4n) is 7.13. The number of benzene rings is 8. The molecule has 238 valence electrons. The van der Waals surface area contributed by atoms with Crippen molar-refractivity contribution in [1.82, 2.24) is 0 Å². The lowest BCUT2D eigenvalue weighted by Crippen LogP contribution is -2.10. The number of fused-ring (bicyclic) bond motifs is 7. The summed E-state index contributed by atoms with van der Waals surface area (Å²) in [5.74, 6) is 0. The van der Waals surface area contributed by atoms with E-state index in [0.717, 1.165) is 77.6 Å². The van der Waals surface area contributed by atoms with Crippen molar-refractivity contribution in [2.75, 3.05) is 9.80 Å². The lowest BCUT2D eigenvalue weighted by atomic mass is 9.99. The molecule has 0 fully saturated rings. The first-order valence-corrected chi connectivity index (χ1v) is 16.7. The molecule has 9 aromatic rings. The van der Waals surface area contributed by atoms with Gasteiger partial charge in [0.2, 0.25) is 0 Å². The number of furan rings is 1. The smallest absolute Gasteiger partial charge is 0.143 e. The minimum atomic E-state index is 0.609. The van der Waals surface area contributed by atoms with Crippen molar-refractivity contribution in [3.05, 3.63) is 181 Å². The van der Waals surface area contributed by atoms with Crippen LogP contribution in [-0.4, -0.2) is 0 Å². The fraction of sp³-hybridized carbons (Fsp3) is 0. The Bertz CT molecular complexity index is 2620. The monoisotopic (exact) mass is 652 g/mol. The zero-order valence-electron chi connectivity index (χ0n) is 27.4. The van der Waals surface area contributed by atoms with E-state index in [2.05, 4.69) is 107 Å². The van der Waals surface area contributed by atoms with Gasteiger partial charge in [-0.25, -0.2) is 0 Å². The lowest BCUT2D eigenvalue weighted by molar-refractivity contribution is 0.676. The van der Waals surface area contributed by atoms with Gasteiger partial charge < -0.3 is 14.2 Å². The third-order valence-corrected chi connectivity index (χ3v) is 9.46. The summed E-state index contributed by atoms with van der Waals surface area (Å²) in [6.45, 7) is 0. The molecule has 8 aromatic carbocycles. The van der Waals surface area contributed by atoms with Crippen molar-refractivity contribution in [1.29, 1.82) is 10.5 Å². The van der Waals surface area contributed by atoms with Gasteiger partial charge in [-0.2, -0.15) is 10.5 Å². The average Bonchev–Trinajstić information content (AvgIpc) is 3.58. The zero-order valence-corrected chi connectivity index (χ0v) is 27.4. The molecular weight excluding hydrogens is 625 g/mol. The molecule has 0 saturated heterocycles. The molecule has 0 N–H and O–H groups in total. The highest BCUT2D eigenvalue weighted by atomic mass is 16.3. The second-order valence-electron chi connectivity index (χ2n) is 12.4. The van der Waals surface area contributed by atoms with Crippen LogP contribution >= 0.6 is 0 Å². The molecule has 1 heterocycles. The number of rotatable bonds is 6. The maximum Gasteiger partial charge on any atom is 0.143 e. The van der Waals surface area contributed by atoms with Crippen molar-refractivity contribution >= 4 is 77.6 Å². The van der Waals surface area contributed by atoms with Crippen LogP contribution in [0, 0.1) is 22.7 Å². The van der Waals surface area contributed by atoms with Crippen molar-refractivity contribution in [2.45, 2.75) is 0 Å². The normalized spacial score (nSPS) is 11.1. The molecule has 0 spiro atoms. The number of para-hydroxylation sites is 2. The van der Waals surface area contributed by atoms with Crippen LogP contribution in [0.25, 0.3) is 43.5 Å². The van der Waals surface area contributed by atoms with Crippen molar-refractivity contribution in [2.24, 2.45) is 0 Å². The average molecular weight is 653 g/mol. The van der Waals surface area contributed by atoms with Crippen molar-refractivity contribution in [3.8, 4) is 12.1 Å². The zero-order chi connectivity index (χ0) is 34.3. The van der Waals surface area contributed by atoms with Gasteiger partial charge >= 0.3 is 0 Å². The molecule has 0 amide bonds. The third-order valence-electron chi connectivity index (χ3n) is 9.46. The summed E-state index contributed by atoms with van der Waals surface area (Å²) < 4.78 is 6.92. The van der Waals surface area contributed by atoms with E-state index in [0.29, 0.717) is 11.1 Å². The van der Waals surface area contributed by atoms with Crippen LogP contribution in [0.4, 0.5) is 34.1 Å². The molecule has 51 heavy (non-hydrogen) atoms. The summed E-state index contributed by atoms with van der Waals surface area (Å²) in [5, 5.41) is 25.2. The van der Waals surface area contributed by atoms with Crippen molar-refractivity contribution < 1.29 is 4.42 Å². The molecular formula is C46H28N4O. The van der Waals surface area contributed by atoms with E-state index in [-0.39, 0.29) is 0 Å². The summed E-state index contributed by atoms with van der Waals surface area (Å²) in [7, 11) is 0. The van der Waals surface area contributed by atoms with Crippen LogP contribution in [-0.2, 0) is 0 Å². The summed E-state index contributed by atoms with van der Waals surface area (Å²) in [6, 6.07) is 61.8. The highest BCUT2D eigenvalue weighted by Gasteiger charge is 2.24. The Morgan fingerprint density at radius 3 is 1.06 bits per heavy atom. The molecule has 0 atom stereocenters. The number of hydrogen-bond donors (Lipinski definition) is 0. The van der Waals surface area contributed by atoms with Gasteiger partial charge in [-0.1, -0.05) is 84.9 Å². The predicted octanol–water partition coefficient (Wildman–Crippen LogP) is 12.6. The highest BCUT2D eigenvalue weighted by Crippen LogP contribution is 2.48. The van der Waals surface area contributed by atoms with Gasteiger partial charge in [-0.15, -0.1) is 0 Å². The van der Waals surface area contributed by atoms with E-state index in [4.69, 9.17) is 4.42 Å². The Hall–Kier alpha value is -7.34. The second-order valence-corrected chi connectivity index (χ2v) is 12.4. The van der Waals surface area contributed by atoms with Crippen LogP contribution in [0.2, 0.25) is 0 Å². The third kappa shape index (κ3) is 5.01. The first kappa shape index (κ1) is 29.8. The van der Waals surface area contributed by atoms with Gasteiger partial charge in [0.05, 0.1) is 34.6 Å². The lowest BCUT2D eigenvalue weighted by Gasteiger charge is -2.27. The maximum absolute atomic E-state index is 9.55. The molecule has 0 saturated carbocycles. The Morgan fingerprint density at radius 1 is 0.353 bits per heavy atom. The van der Waals surface area contributed by atoms with E-state index in [1.165, 1.54) is 0 Å². The minimum Gasteiger partial charge on any atom is -0.455 e. The first-order chi connectivity index (χ1) is 25.2. The van der Waals surface area contributed by atoms with Gasteiger partial charge in [0, 0.05) is 55.1 Å². The number of nitriles is 2. The number of anilines is 6. The molecule has 0 bridgehead atoms. The van der Waals surface area contributed by atoms with E-state index in [1.807, 2.05) is 84.9 Å². The largest absolute Gasteiger partial charge is 0.455 e. The quantitative estimate of drug-likeness (QED) is 0.179. The van der Waals surface area contributed by atoms with Gasteiger partial charge in [0.1, 0.15) is 11.2 Å². The highest BCUT2D eigenvalue weighted by molar-refractivity contribution is 6.25. The second kappa shape index (κ2) is 12.3. The Balaban J connectivity index is 1.38. The van der Waals surface area contributed by atoms with Crippen LogP contribution in [0.15, 0.2) is 174 Å². The van der Waals surface area contributed by atoms with Crippen LogP contribution in [0.3, 0.4) is 0 Å². The summed E-state index contributed by atoms with van der Waals surface area (Å²) in [6.07, 6.45) is 0. The molecule has 0 aliphatic heterocycles. The van der Waals surface area contributed by atoms with E-state index >= 15 is 0 Å². The van der Waals surface area contributed by atoms with Gasteiger partial charge in [-0.3, -0.25) is 0 Å². The maximum atomic E-state index is 9.55. The Morgan fingerprint density at radius 2 is 0.686 bits per heavy atom. The molecule has 0 radical (unpaired) electrons. The molecule has 5 heteroatoms. The predicted molar refractivity (Wildman–Crippen MR) is 208 cm³/mol. The van der Waals surface area contributed by atoms with E-state index in [9.17, 15) is 10.5 Å². The van der Waals surface area contributed by atoms with Crippen LogP contribution < -0.4 is 9.80 Å². The van der Waals surface area contributed by atoms with E-state index in [1.54, 1.807) is 0 Å². The fourth-order valence-corrected chi connectivity index (χ4v) is 7.13. The van der Waals surface area contributed by atoms with Crippen LogP contribution in [0.5, 0.6) is 0 Å². The summed E-state index contributed by atoms with van der Waals surface area (Å²) in [4.78, 5) is 4.49. The van der Waals surface area contributed by atoms with Gasteiger partial charge in [-0.05, 0) is 84.9 Å². The SMILES string of the molecule is N#Cc1ccc(N(c2ccccc2)c2cc3c4cc(N(c5ccccc5)c5ccc(C#N)cc5)c5ccccc5c4oc3c3ccccc23)cc1. The van der Waals surface area contributed by atoms with Crippen LogP contribution in [0.1, 0.15) is 11.1 Å². The molecule has 1 aromatic heterocycles.